The number of unbranched alkanes of at least 4 members (excludes halogenated alkanes) is 5. The van der Waals surface area contributed by atoms with E-state index in [0.29, 0.717) is 3.70 Å². The third-order valence-electron chi connectivity index (χ3n) is 4.14. The van der Waals surface area contributed by atoms with Crippen molar-refractivity contribution in [2.75, 3.05) is 0 Å². The van der Waals surface area contributed by atoms with Gasteiger partial charge in [0, 0.05) is 0 Å². The molecule has 0 aromatic carbocycles. The van der Waals surface area contributed by atoms with E-state index in [0.717, 1.165) is 32.1 Å². The van der Waals surface area contributed by atoms with Crippen molar-refractivity contribution < 1.29 is 4.39 Å². The Labute approximate surface area is 147 Å². The Hall–Kier alpha value is 0.160. The van der Waals surface area contributed by atoms with Crippen LogP contribution < -0.4 is 0 Å². The molecule has 1 rings (SSSR count). The van der Waals surface area contributed by atoms with Gasteiger partial charge >= 0.3 is 0 Å². The van der Waals surface area contributed by atoms with Crippen molar-refractivity contribution in [3.8, 4) is 0 Å². The molecule has 1 aromatic rings. The number of hydrogen-bond acceptors (Lipinski definition) is 1. The molecule has 2 nitrogen and oxygen atoms in total. The van der Waals surface area contributed by atoms with Crippen LogP contribution in [0.25, 0.3) is 0 Å². The summed E-state index contributed by atoms with van der Waals surface area (Å²) >= 11 is 7.98. The normalized spacial score (nSPS) is 14.4. The fourth-order valence-electron chi connectivity index (χ4n) is 2.72. The molecule has 0 radical (unpaired) electrons. The number of aromatic nitrogens is 2. The van der Waals surface area contributed by atoms with Crippen LogP contribution in [0.2, 0.25) is 5.02 Å². The SMILES string of the molecule is CCCCCCCC(C)(CCCC)n1nc(I)c(Cl)c1F. The van der Waals surface area contributed by atoms with E-state index in [9.17, 15) is 4.39 Å². The maximum Gasteiger partial charge on any atom is 0.231 e. The summed E-state index contributed by atoms with van der Waals surface area (Å²) in [7, 11) is 0. The molecule has 0 N–H and O–H groups in total. The highest BCUT2D eigenvalue weighted by Crippen LogP contribution is 2.33. The van der Waals surface area contributed by atoms with Gasteiger partial charge in [0.1, 0.15) is 8.72 Å². The van der Waals surface area contributed by atoms with Crippen LogP contribution in [0.3, 0.4) is 0 Å². The van der Waals surface area contributed by atoms with Crippen molar-refractivity contribution in [2.24, 2.45) is 0 Å². The number of nitrogens with zero attached hydrogens (tertiary/aromatic N) is 2. The maximum atomic E-state index is 14.3. The lowest BCUT2D eigenvalue weighted by Crippen LogP contribution is -2.32. The molecule has 0 fully saturated rings. The first-order valence-corrected chi connectivity index (χ1v) is 9.52. The summed E-state index contributed by atoms with van der Waals surface area (Å²) in [5.74, 6) is -0.381. The minimum absolute atomic E-state index is 0.157. The largest absolute Gasteiger partial charge is 0.231 e. The molecule has 5 heteroatoms. The highest BCUT2D eigenvalue weighted by molar-refractivity contribution is 14.1. The first kappa shape index (κ1) is 19.2. The van der Waals surface area contributed by atoms with Crippen molar-refractivity contribution in [1.29, 1.82) is 0 Å². The van der Waals surface area contributed by atoms with Crippen LogP contribution in [0.5, 0.6) is 0 Å². The van der Waals surface area contributed by atoms with Crippen LogP contribution >= 0.6 is 34.2 Å². The maximum absolute atomic E-state index is 14.3. The summed E-state index contributed by atoms with van der Waals surface area (Å²) in [6.45, 7) is 6.50. The fraction of sp³-hybridized carbons (Fsp3) is 0.812. The van der Waals surface area contributed by atoms with Crippen LogP contribution in [0.15, 0.2) is 0 Å². The molecule has 0 saturated carbocycles. The molecular formula is C16H27ClFIN2. The topological polar surface area (TPSA) is 17.8 Å². The number of halogens is 3. The molecule has 1 aromatic heterocycles. The standard InChI is InChI=1S/C16H27ClFIN2/c1-4-6-8-9-10-12-16(3,11-7-5-2)21-14(18)13(17)15(19)20-21/h4-12H2,1-3H3. The average Bonchev–Trinajstić information content (AvgIpc) is 2.73. The second-order valence-electron chi connectivity index (χ2n) is 6.07. The second kappa shape index (κ2) is 9.33. The van der Waals surface area contributed by atoms with Crippen LogP contribution in [0.4, 0.5) is 4.39 Å². The molecule has 0 saturated heterocycles. The lowest BCUT2D eigenvalue weighted by Gasteiger charge is -2.30. The minimum Gasteiger partial charge on any atom is -0.231 e. The van der Waals surface area contributed by atoms with Gasteiger partial charge in [-0.3, -0.25) is 0 Å². The van der Waals surface area contributed by atoms with Gasteiger partial charge in [0.2, 0.25) is 5.95 Å². The van der Waals surface area contributed by atoms with Gasteiger partial charge in [-0.2, -0.15) is 9.49 Å². The van der Waals surface area contributed by atoms with Crippen LogP contribution in [-0.2, 0) is 5.54 Å². The Kier molecular flexibility index (Phi) is 8.54. The van der Waals surface area contributed by atoms with E-state index >= 15 is 0 Å². The lowest BCUT2D eigenvalue weighted by atomic mass is 9.88. The molecule has 21 heavy (non-hydrogen) atoms. The molecule has 1 atom stereocenters. The van der Waals surface area contributed by atoms with Gasteiger partial charge in [-0.05, 0) is 42.4 Å². The lowest BCUT2D eigenvalue weighted by molar-refractivity contribution is 0.200. The Morgan fingerprint density at radius 1 is 1.10 bits per heavy atom. The number of hydrogen-bond donors (Lipinski definition) is 0. The number of rotatable bonds is 10. The molecule has 0 spiro atoms. The summed E-state index contributed by atoms with van der Waals surface area (Å²) in [5, 5.41) is 4.50. The average molecular weight is 429 g/mol. The zero-order valence-electron chi connectivity index (χ0n) is 13.4. The summed E-state index contributed by atoms with van der Waals surface area (Å²) in [6.07, 6.45) is 10.2. The zero-order valence-corrected chi connectivity index (χ0v) is 16.3. The van der Waals surface area contributed by atoms with Crippen molar-refractivity contribution in [1.82, 2.24) is 9.78 Å². The second-order valence-corrected chi connectivity index (χ2v) is 7.47. The summed E-state index contributed by atoms with van der Waals surface area (Å²) in [4.78, 5) is 0. The van der Waals surface area contributed by atoms with E-state index in [-0.39, 0.29) is 16.5 Å². The van der Waals surface area contributed by atoms with E-state index in [1.807, 2.05) is 22.6 Å². The van der Waals surface area contributed by atoms with Crippen molar-refractivity contribution in [2.45, 2.75) is 84.1 Å². The predicted molar refractivity (Wildman–Crippen MR) is 96.5 cm³/mol. The highest BCUT2D eigenvalue weighted by Gasteiger charge is 2.31. The van der Waals surface area contributed by atoms with Gasteiger partial charge < -0.3 is 0 Å². The first-order valence-electron chi connectivity index (χ1n) is 8.06. The molecule has 1 unspecified atom stereocenters. The molecule has 0 aliphatic heterocycles. The third kappa shape index (κ3) is 5.38. The van der Waals surface area contributed by atoms with E-state index in [2.05, 4.69) is 25.9 Å². The predicted octanol–water partition coefficient (Wildman–Crippen LogP) is 6.55. The van der Waals surface area contributed by atoms with Crippen molar-refractivity contribution in [3.63, 3.8) is 0 Å². The molecule has 0 aliphatic rings. The minimum atomic E-state index is -0.381. The summed E-state index contributed by atoms with van der Waals surface area (Å²) in [5.41, 5.74) is -0.265. The van der Waals surface area contributed by atoms with E-state index in [1.54, 1.807) is 0 Å². The van der Waals surface area contributed by atoms with Crippen molar-refractivity contribution >= 4 is 34.2 Å². The molecule has 0 aliphatic carbocycles. The van der Waals surface area contributed by atoms with Gasteiger partial charge in [0.05, 0.1) is 5.54 Å². The van der Waals surface area contributed by atoms with Gasteiger partial charge in [-0.1, -0.05) is 70.4 Å². The van der Waals surface area contributed by atoms with Gasteiger partial charge in [0.15, 0.2) is 0 Å². The van der Waals surface area contributed by atoms with Crippen molar-refractivity contribution in [3.05, 3.63) is 14.7 Å². The summed E-state index contributed by atoms with van der Waals surface area (Å²) in [6, 6.07) is 0. The van der Waals surface area contributed by atoms with Gasteiger partial charge in [-0.15, -0.1) is 0 Å². The van der Waals surface area contributed by atoms with Crippen LogP contribution in [0.1, 0.15) is 78.6 Å². The molecule has 122 valence electrons. The Morgan fingerprint density at radius 2 is 1.67 bits per heavy atom. The Morgan fingerprint density at radius 3 is 2.19 bits per heavy atom. The molecule has 1 heterocycles. The van der Waals surface area contributed by atoms with Crippen LogP contribution in [-0.4, -0.2) is 9.78 Å². The highest BCUT2D eigenvalue weighted by atomic mass is 127. The zero-order chi connectivity index (χ0) is 15.9. The Bertz CT molecular complexity index is 436. The monoisotopic (exact) mass is 428 g/mol. The van der Waals surface area contributed by atoms with E-state index < -0.39 is 0 Å². The molecule has 0 bridgehead atoms. The van der Waals surface area contributed by atoms with E-state index in [4.69, 9.17) is 11.6 Å². The smallest absolute Gasteiger partial charge is 0.231 e. The van der Waals surface area contributed by atoms with E-state index in [1.165, 1.54) is 30.4 Å². The molecule has 0 amide bonds. The van der Waals surface area contributed by atoms with Gasteiger partial charge in [-0.25, -0.2) is 4.68 Å². The third-order valence-corrected chi connectivity index (χ3v) is 5.54. The summed E-state index contributed by atoms with van der Waals surface area (Å²) < 4.78 is 16.4. The van der Waals surface area contributed by atoms with Gasteiger partial charge in [0.25, 0.3) is 0 Å². The fourth-order valence-corrected chi connectivity index (χ4v) is 3.27. The molecular weight excluding hydrogens is 402 g/mol. The van der Waals surface area contributed by atoms with Crippen LogP contribution in [0, 0.1) is 9.65 Å². The first-order chi connectivity index (χ1) is 9.96. The Balaban J connectivity index is 2.79. The quantitative estimate of drug-likeness (QED) is 0.305.